The lowest BCUT2D eigenvalue weighted by atomic mass is 9.90. The fraction of sp³-hybridized carbons (Fsp3) is 1.00. The number of rotatable bonds is 5. The lowest BCUT2D eigenvalue weighted by Crippen LogP contribution is -2.48. The molecular formula is C12H26N2. The summed E-state index contributed by atoms with van der Waals surface area (Å²) in [6.07, 6.45) is 7.73. The molecule has 3 N–H and O–H groups in total. The van der Waals surface area contributed by atoms with Crippen LogP contribution in [0.5, 0.6) is 0 Å². The molecule has 84 valence electrons. The van der Waals surface area contributed by atoms with E-state index < -0.39 is 0 Å². The van der Waals surface area contributed by atoms with E-state index in [4.69, 9.17) is 5.73 Å². The van der Waals surface area contributed by atoms with Crippen LogP contribution in [-0.2, 0) is 0 Å². The minimum Gasteiger partial charge on any atom is -0.326 e. The molecular weight excluding hydrogens is 172 g/mol. The van der Waals surface area contributed by atoms with Crippen molar-refractivity contribution in [2.75, 3.05) is 6.54 Å². The molecule has 1 saturated carbocycles. The molecule has 0 amide bonds. The van der Waals surface area contributed by atoms with Crippen LogP contribution in [0.15, 0.2) is 0 Å². The maximum absolute atomic E-state index is 6.09. The first-order valence-electron chi connectivity index (χ1n) is 6.26. The molecule has 0 heterocycles. The summed E-state index contributed by atoms with van der Waals surface area (Å²) < 4.78 is 0. The van der Waals surface area contributed by atoms with Crippen LogP contribution in [-0.4, -0.2) is 18.6 Å². The van der Waals surface area contributed by atoms with Crippen LogP contribution in [0, 0.1) is 5.92 Å². The Bertz CT molecular complexity index is 143. The van der Waals surface area contributed by atoms with E-state index in [2.05, 4.69) is 19.2 Å². The van der Waals surface area contributed by atoms with E-state index in [-0.39, 0.29) is 0 Å². The SMILES string of the molecule is CCC(CC)CNC1CCCCC1N. The molecule has 0 aromatic heterocycles. The van der Waals surface area contributed by atoms with Gasteiger partial charge in [0.15, 0.2) is 0 Å². The van der Waals surface area contributed by atoms with E-state index >= 15 is 0 Å². The Labute approximate surface area is 88.6 Å². The van der Waals surface area contributed by atoms with Gasteiger partial charge in [0.1, 0.15) is 0 Å². The zero-order chi connectivity index (χ0) is 10.4. The van der Waals surface area contributed by atoms with Gasteiger partial charge in [-0.1, -0.05) is 39.5 Å². The van der Waals surface area contributed by atoms with Gasteiger partial charge < -0.3 is 11.1 Å². The van der Waals surface area contributed by atoms with Gasteiger partial charge in [-0.2, -0.15) is 0 Å². The average Bonchev–Trinajstić information content (AvgIpc) is 2.22. The zero-order valence-electron chi connectivity index (χ0n) is 9.76. The maximum Gasteiger partial charge on any atom is 0.0219 e. The van der Waals surface area contributed by atoms with Gasteiger partial charge in [0.25, 0.3) is 0 Å². The molecule has 0 spiro atoms. The molecule has 1 fully saturated rings. The largest absolute Gasteiger partial charge is 0.326 e. The van der Waals surface area contributed by atoms with Crippen molar-refractivity contribution in [1.29, 1.82) is 0 Å². The molecule has 2 unspecified atom stereocenters. The molecule has 2 nitrogen and oxygen atoms in total. The highest BCUT2D eigenvalue weighted by Crippen LogP contribution is 2.17. The molecule has 0 saturated heterocycles. The normalized spacial score (nSPS) is 28.3. The average molecular weight is 198 g/mol. The Balaban J connectivity index is 2.21. The zero-order valence-corrected chi connectivity index (χ0v) is 9.76. The van der Waals surface area contributed by atoms with Gasteiger partial charge >= 0.3 is 0 Å². The van der Waals surface area contributed by atoms with Gasteiger partial charge in [-0.15, -0.1) is 0 Å². The van der Waals surface area contributed by atoms with Crippen LogP contribution < -0.4 is 11.1 Å². The van der Waals surface area contributed by atoms with Crippen molar-refractivity contribution in [3.8, 4) is 0 Å². The standard InChI is InChI=1S/C12H26N2/c1-3-10(4-2)9-14-12-8-6-5-7-11(12)13/h10-12,14H,3-9,13H2,1-2H3. The Morgan fingerprint density at radius 3 is 2.43 bits per heavy atom. The van der Waals surface area contributed by atoms with E-state index in [0.29, 0.717) is 12.1 Å². The summed E-state index contributed by atoms with van der Waals surface area (Å²) in [6, 6.07) is 0.988. The summed E-state index contributed by atoms with van der Waals surface area (Å²) in [5.74, 6) is 0.837. The number of nitrogens with two attached hydrogens (primary N) is 1. The van der Waals surface area contributed by atoms with E-state index in [1.807, 2.05) is 0 Å². The summed E-state index contributed by atoms with van der Waals surface area (Å²) in [5.41, 5.74) is 6.09. The Hall–Kier alpha value is -0.0800. The topological polar surface area (TPSA) is 38.0 Å². The van der Waals surface area contributed by atoms with Gasteiger partial charge in [0.05, 0.1) is 0 Å². The van der Waals surface area contributed by atoms with Crippen LogP contribution in [0.3, 0.4) is 0 Å². The van der Waals surface area contributed by atoms with Gasteiger partial charge in [0, 0.05) is 12.1 Å². The Kier molecular flexibility index (Phi) is 5.49. The molecule has 1 aliphatic carbocycles. The number of nitrogens with one attached hydrogen (secondary N) is 1. The predicted octanol–water partition coefficient (Wildman–Crippen LogP) is 2.28. The first kappa shape index (κ1) is 12.0. The molecule has 1 rings (SSSR count). The van der Waals surface area contributed by atoms with Crippen LogP contribution >= 0.6 is 0 Å². The Morgan fingerprint density at radius 1 is 1.21 bits per heavy atom. The second kappa shape index (κ2) is 6.41. The molecule has 0 bridgehead atoms. The minimum absolute atomic E-state index is 0.401. The highest BCUT2D eigenvalue weighted by Gasteiger charge is 2.21. The molecule has 2 heteroatoms. The van der Waals surface area contributed by atoms with Crippen LogP contribution in [0.25, 0.3) is 0 Å². The van der Waals surface area contributed by atoms with Crippen molar-refractivity contribution >= 4 is 0 Å². The molecule has 2 atom stereocenters. The molecule has 14 heavy (non-hydrogen) atoms. The van der Waals surface area contributed by atoms with Crippen molar-refractivity contribution < 1.29 is 0 Å². The molecule has 0 aliphatic heterocycles. The van der Waals surface area contributed by atoms with Crippen LogP contribution in [0.2, 0.25) is 0 Å². The first-order chi connectivity index (χ1) is 6.77. The van der Waals surface area contributed by atoms with Crippen molar-refractivity contribution in [3.63, 3.8) is 0 Å². The fourth-order valence-corrected chi connectivity index (χ4v) is 2.31. The van der Waals surface area contributed by atoms with Crippen LogP contribution in [0.4, 0.5) is 0 Å². The number of hydrogen-bond donors (Lipinski definition) is 2. The van der Waals surface area contributed by atoms with Crippen molar-refractivity contribution in [2.45, 2.75) is 64.5 Å². The third kappa shape index (κ3) is 3.58. The summed E-state index contributed by atoms with van der Waals surface area (Å²) >= 11 is 0. The predicted molar refractivity (Wildman–Crippen MR) is 62.3 cm³/mol. The highest BCUT2D eigenvalue weighted by molar-refractivity contribution is 4.83. The smallest absolute Gasteiger partial charge is 0.0219 e. The molecule has 0 aromatic carbocycles. The second-order valence-corrected chi connectivity index (χ2v) is 4.65. The van der Waals surface area contributed by atoms with E-state index in [1.54, 1.807) is 0 Å². The lowest BCUT2D eigenvalue weighted by Gasteiger charge is -2.30. The summed E-state index contributed by atoms with van der Waals surface area (Å²) in [7, 11) is 0. The summed E-state index contributed by atoms with van der Waals surface area (Å²) in [4.78, 5) is 0. The molecule has 0 aromatic rings. The maximum atomic E-state index is 6.09. The van der Waals surface area contributed by atoms with E-state index in [0.717, 1.165) is 12.5 Å². The third-order valence-corrected chi connectivity index (χ3v) is 3.64. The van der Waals surface area contributed by atoms with E-state index in [1.165, 1.54) is 38.5 Å². The number of hydrogen-bond acceptors (Lipinski definition) is 2. The quantitative estimate of drug-likeness (QED) is 0.711. The highest BCUT2D eigenvalue weighted by atomic mass is 15.0. The summed E-state index contributed by atoms with van der Waals surface area (Å²) in [5, 5.41) is 3.65. The molecule has 0 radical (unpaired) electrons. The monoisotopic (exact) mass is 198 g/mol. The minimum atomic E-state index is 0.401. The first-order valence-corrected chi connectivity index (χ1v) is 6.26. The van der Waals surface area contributed by atoms with Gasteiger partial charge in [0.2, 0.25) is 0 Å². The van der Waals surface area contributed by atoms with Gasteiger partial charge in [-0.3, -0.25) is 0 Å². The van der Waals surface area contributed by atoms with Gasteiger partial charge in [-0.05, 0) is 25.3 Å². The second-order valence-electron chi connectivity index (χ2n) is 4.65. The summed E-state index contributed by atoms with van der Waals surface area (Å²) in [6.45, 7) is 5.71. The lowest BCUT2D eigenvalue weighted by molar-refractivity contribution is 0.305. The Morgan fingerprint density at radius 2 is 1.86 bits per heavy atom. The van der Waals surface area contributed by atoms with E-state index in [9.17, 15) is 0 Å². The van der Waals surface area contributed by atoms with Crippen LogP contribution in [0.1, 0.15) is 52.4 Å². The van der Waals surface area contributed by atoms with Crippen molar-refractivity contribution in [1.82, 2.24) is 5.32 Å². The van der Waals surface area contributed by atoms with Crippen molar-refractivity contribution in [3.05, 3.63) is 0 Å². The fourth-order valence-electron chi connectivity index (χ4n) is 2.31. The third-order valence-electron chi connectivity index (χ3n) is 3.64. The van der Waals surface area contributed by atoms with Crippen molar-refractivity contribution in [2.24, 2.45) is 11.7 Å². The molecule has 1 aliphatic rings. The van der Waals surface area contributed by atoms with Gasteiger partial charge in [-0.25, -0.2) is 0 Å².